The Labute approximate surface area is 342 Å². The van der Waals surface area contributed by atoms with Gasteiger partial charge in [0.15, 0.2) is 5.82 Å². The van der Waals surface area contributed by atoms with E-state index in [9.17, 15) is 33.1 Å². The van der Waals surface area contributed by atoms with E-state index in [1.54, 1.807) is 4.90 Å². The molecule has 4 aromatic rings. The average Bonchev–Trinajstić information content (AvgIpc) is 3.86. The zero-order chi connectivity index (χ0) is 42.3. The van der Waals surface area contributed by atoms with Crippen molar-refractivity contribution in [1.29, 1.82) is 0 Å². The van der Waals surface area contributed by atoms with Crippen molar-refractivity contribution in [2.75, 3.05) is 57.3 Å². The van der Waals surface area contributed by atoms with Crippen molar-refractivity contribution >= 4 is 51.1 Å². The van der Waals surface area contributed by atoms with Gasteiger partial charge < -0.3 is 35.6 Å². The van der Waals surface area contributed by atoms with Gasteiger partial charge in [0.25, 0.3) is 0 Å². The summed E-state index contributed by atoms with van der Waals surface area (Å²) < 4.78 is 53.0. The Balaban J connectivity index is 1.07. The summed E-state index contributed by atoms with van der Waals surface area (Å²) in [5.41, 5.74) is -1.02. The normalized spacial score (nSPS) is 22.1. The summed E-state index contributed by atoms with van der Waals surface area (Å²) in [6, 6.07) is 4.52. The van der Waals surface area contributed by atoms with Crippen LogP contribution in [-0.2, 0) is 19.2 Å². The molecule has 4 N–H and O–H groups in total. The van der Waals surface area contributed by atoms with E-state index >= 15 is 4.39 Å². The molecule has 15 nitrogen and oxygen atoms in total. The summed E-state index contributed by atoms with van der Waals surface area (Å²) in [4.78, 5) is 68.7. The highest BCUT2D eigenvalue weighted by Gasteiger charge is 2.49. The molecular weight excluding hydrogens is 784 g/mol. The topological polar surface area (TPSA) is 182 Å². The van der Waals surface area contributed by atoms with Crippen LogP contribution < -0.4 is 25.6 Å². The van der Waals surface area contributed by atoms with Crippen molar-refractivity contribution in [2.45, 2.75) is 55.9 Å². The van der Waals surface area contributed by atoms with Crippen LogP contribution in [0.5, 0.6) is 11.8 Å². The summed E-state index contributed by atoms with van der Waals surface area (Å²) in [6.45, 7) is 3.95. The molecule has 0 saturated carbocycles. The van der Waals surface area contributed by atoms with Crippen molar-refractivity contribution in [1.82, 2.24) is 40.7 Å². The Morgan fingerprint density at radius 1 is 1.03 bits per heavy atom. The number of rotatable bonds is 12. The van der Waals surface area contributed by atoms with Crippen LogP contribution in [0, 0.1) is 24.0 Å². The van der Waals surface area contributed by atoms with Gasteiger partial charge in [-0.05, 0) is 61.9 Å². The first kappa shape index (κ1) is 40.3. The lowest BCUT2D eigenvalue weighted by Gasteiger charge is -2.42. The van der Waals surface area contributed by atoms with Crippen LogP contribution in [-0.4, -0.2) is 130 Å². The number of aromatic hydroxyl groups is 1. The van der Waals surface area contributed by atoms with Gasteiger partial charge in [0, 0.05) is 55.3 Å². The van der Waals surface area contributed by atoms with E-state index in [1.807, 2.05) is 4.90 Å². The van der Waals surface area contributed by atoms with E-state index in [0.717, 1.165) is 25.5 Å². The average molecular weight is 826 g/mol. The number of amides is 4. The number of anilines is 1. The first-order valence-corrected chi connectivity index (χ1v) is 19.7. The molecule has 60 heavy (non-hydrogen) atoms. The molecule has 2 aromatic carbocycles. The van der Waals surface area contributed by atoms with Crippen LogP contribution >= 0.6 is 0 Å². The van der Waals surface area contributed by atoms with Gasteiger partial charge >= 0.3 is 6.01 Å². The number of ether oxygens (including phenoxy) is 1. The first-order chi connectivity index (χ1) is 28.9. The van der Waals surface area contributed by atoms with E-state index in [4.69, 9.17) is 16.1 Å². The molecule has 0 radical (unpaired) electrons. The molecule has 18 heteroatoms. The van der Waals surface area contributed by atoms with Crippen LogP contribution in [0.1, 0.15) is 37.7 Å². The molecule has 2 bridgehead atoms. The minimum atomic E-state index is -1.00. The second-order valence-electron chi connectivity index (χ2n) is 15.6. The molecule has 4 atom stereocenters. The predicted octanol–water partition coefficient (Wildman–Crippen LogP) is 2.48. The lowest BCUT2D eigenvalue weighted by molar-refractivity contribution is -0.135. The SMILES string of the molecule is C#Cc1c(F)ccc2cc(O)cc(-c3ncc4c(N5CC6CCC(C5)N6C(=O)CNC(=O)CNC(=O)CNC(=O)C=C)nc(OCC56CCCN5CC(F)C6)nc4c3F)c12. The maximum Gasteiger partial charge on any atom is 0.319 e. The van der Waals surface area contributed by atoms with Crippen molar-refractivity contribution < 1.29 is 42.2 Å². The van der Waals surface area contributed by atoms with Crippen molar-refractivity contribution in [3.05, 3.63) is 60.3 Å². The van der Waals surface area contributed by atoms with Crippen molar-refractivity contribution in [2.24, 2.45) is 0 Å². The minimum absolute atomic E-state index is 0.0524. The highest BCUT2D eigenvalue weighted by atomic mass is 19.1. The fourth-order valence-corrected chi connectivity index (χ4v) is 9.21. The molecule has 0 aliphatic carbocycles. The Morgan fingerprint density at radius 2 is 1.77 bits per heavy atom. The maximum absolute atomic E-state index is 17.1. The number of nitrogens with one attached hydrogen (secondary N) is 3. The maximum atomic E-state index is 17.1. The lowest BCUT2D eigenvalue weighted by atomic mass is 9.95. The fraction of sp³-hybridized carbons (Fsp3) is 0.405. The molecule has 4 amide bonds. The zero-order valence-electron chi connectivity index (χ0n) is 32.5. The first-order valence-electron chi connectivity index (χ1n) is 19.7. The minimum Gasteiger partial charge on any atom is -0.508 e. The number of alkyl halides is 1. The van der Waals surface area contributed by atoms with E-state index in [0.29, 0.717) is 50.1 Å². The number of hydrogen-bond acceptors (Lipinski definition) is 11. The Bertz CT molecular complexity index is 2470. The van der Waals surface area contributed by atoms with Gasteiger partial charge in [-0.3, -0.25) is 29.1 Å². The molecule has 4 aliphatic rings. The van der Waals surface area contributed by atoms with Gasteiger partial charge in [-0.1, -0.05) is 18.6 Å². The smallest absolute Gasteiger partial charge is 0.319 e. The van der Waals surface area contributed by atoms with Crippen LogP contribution in [0.3, 0.4) is 0 Å². The number of carbonyl (C=O) groups is 4. The van der Waals surface area contributed by atoms with E-state index < -0.39 is 47.6 Å². The van der Waals surface area contributed by atoms with Gasteiger partial charge in [-0.15, -0.1) is 6.42 Å². The van der Waals surface area contributed by atoms with Crippen molar-refractivity contribution in [3.63, 3.8) is 0 Å². The fourth-order valence-electron chi connectivity index (χ4n) is 9.21. The second kappa shape index (κ2) is 16.3. The molecule has 4 unspecified atom stereocenters. The number of pyridine rings is 1. The number of aromatic nitrogens is 3. The van der Waals surface area contributed by atoms with E-state index in [2.05, 4.69) is 43.3 Å². The number of terminal acetylenes is 1. The number of nitrogens with zero attached hydrogens (tertiary/aromatic N) is 6. The molecule has 4 aliphatic heterocycles. The Hall–Kier alpha value is -6.48. The monoisotopic (exact) mass is 825 g/mol. The number of hydrogen-bond donors (Lipinski definition) is 4. The van der Waals surface area contributed by atoms with Gasteiger partial charge in [-0.2, -0.15) is 9.97 Å². The standard InChI is InChI=1S/C42H42F3N9O6/c1-3-28-31(44)9-6-23-12-27(55)13-29(36(23)28)38-37(45)39-30(15-49-38)40(51-41(50-39)60-22-42-10-5-11-53(42)19-24(43)14-42)52-20-25-7-8-26(21-52)54(25)35(59)18-48-34(58)17-47-33(57)16-46-32(56)4-2/h1,4,6,9,12-13,15,24-26,55H,2,5,7-8,10-11,14,16-22H2,(H,46,56)(H,47,57)(H,48,58). The summed E-state index contributed by atoms with van der Waals surface area (Å²) in [6.07, 6.45) is 10.3. The van der Waals surface area contributed by atoms with E-state index in [-0.39, 0.29) is 82.6 Å². The summed E-state index contributed by atoms with van der Waals surface area (Å²) in [5, 5.41) is 18.6. The van der Waals surface area contributed by atoms with Crippen LogP contribution in [0.15, 0.2) is 43.1 Å². The molecule has 312 valence electrons. The predicted molar refractivity (Wildman–Crippen MR) is 213 cm³/mol. The van der Waals surface area contributed by atoms with E-state index in [1.165, 1.54) is 30.5 Å². The number of carbonyl (C=O) groups excluding carboxylic acids is 4. The number of phenolic OH excluding ortho intramolecular Hbond substituents is 1. The van der Waals surface area contributed by atoms with Crippen LogP contribution in [0.2, 0.25) is 0 Å². The third-order valence-electron chi connectivity index (χ3n) is 11.9. The molecule has 0 spiro atoms. The van der Waals surface area contributed by atoms with Gasteiger partial charge in [0.2, 0.25) is 23.6 Å². The quantitative estimate of drug-likeness (QED) is 0.122. The molecule has 2 aromatic heterocycles. The number of fused-ring (bicyclic) bond motifs is 5. The largest absolute Gasteiger partial charge is 0.508 e. The molecule has 4 saturated heterocycles. The van der Waals surface area contributed by atoms with Gasteiger partial charge in [-0.25, -0.2) is 13.2 Å². The number of phenols is 1. The highest BCUT2D eigenvalue weighted by molar-refractivity contribution is 6.03. The molecular formula is C42H42F3N9O6. The number of piperazine rings is 1. The Morgan fingerprint density at radius 3 is 2.50 bits per heavy atom. The summed E-state index contributed by atoms with van der Waals surface area (Å²) >= 11 is 0. The van der Waals surface area contributed by atoms with Crippen LogP contribution in [0.4, 0.5) is 19.0 Å². The molecule has 8 rings (SSSR count). The molecule has 6 heterocycles. The second-order valence-corrected chi connectivity index (χ2v) is 15.6. The lowest BCUT2D eigenvalue weighted by Crippen LogP contribution is -2.58. The summed E-state index contributed by atoms with van der Waals surface area (Å²) in [7, 11) is 0. The molecule has 4 fully saturated rings. The highest BCUT2D eigenvalue weighted by Crippen LogP contribution is 2.42. The van der Waals surface area contributed by atoms with Gasteiger partial charge in [0.1, 0.15) is 41.4 Å². The van der Waals surface area contributed by atoms with Gasteiger partial charge in [0.05, 0.1) is 36.1 Å². The number of halogens is 3. The summed E-state index contributed by atoms with van der Waals surface area (Å²) in [5.74, 6) is -1.21. The van der Waals surface area contributed by atoms with Crippen LogP contribution in [0.25, 0.3) is 32.9 Å². The Kier molecular flexibility index (Phi) is 10.9. The zero-order valence-corrected chi connectivity index (χ0v) is 32.5. The third kappa shape index (κ3) is 7.60. The van der Waals surface area contributed by atoms with Crippen molar-refractivity contribution in [3.8, 4) is 35.4 Å². The number of benzene rings is 2. The third-order valence-corrected chi connectivity index (χ3v) is 11.9.